The van der Waals surface area contributed by atoms with E-state index in [0.717, 1.165) is 16.4 Å². The van der Waals surface area contributed by atoms with Crippen molar-refractivity contribution >= 4 is 17.4 Å². The molecule has 0 N–H and O–H groups in total. The largest absolute Gasteiger partial charge is 0.353 e. The lowest BCUT2D eigenvalue weighted by Gasteiger charge is -2.26. The molecule has 0 saturated carbocycles. The van der Waals surface area contributed by atoms with Crippen molar-refractivity contribution in [3.63, 3.8) is 0 Å². The highest BCUT2D eigenvalue weighted by atomic mass is 35.5. The van der Waals surface area contributed by atoms with Gasteiger partial charge >= 0.3 is 0 Å². The van der Waals surface area contributed by atoms with Crippen LogP contribution in [0.1, 0.15) is 24.1 Å². The molecule has 0 fully saturated rings. The number of nitriles is 1. The van der Waals surface area contributed by atoms with Gasteiger partial charge in [0, 0.05) is 18.3 Å². The van der Waals surface area contributed by atoms with Gasteiger partial charge in [-0.15, -0.1) is 0 Å². The van der Waals surface area contributed by atoms with Gasteiger partial charge in [-0.2, -0.15) is 5.26 Å². The molecule has 1 aromatic heterocycles. The maximum atomic E-state index is 8.92. The average Bonchev–Trinajstić information content (AvgIpc) is 2.45. The maximum Gasteiger partial charge on any atom is 0.130 e. The van der Waals surface area contributed by atoms with Crippen LogP contribution in [0, 0.1) is 11.3 Å². The fourth-order valence-electron chi connectivity index (χ4n) is 1.87. The van der Waals surface area contributed by atoms with Crippen LogP contribution in [-0.4, -0.2) is 12.0 Å². The maximum absolute atomic E-state index is 8.92. The molecule has 1 atom stereocenters. The van der Waals surface area contributed by atoms with E-state index in [2.05, 4.69) is 18.0 Å². The molecule has 3 nitrogen and oxygen atoms in total. The topological polar surface area (TPSA) is 39.9 Å². The molecule has 0 aliphatic rings. The van der Waals surface area contributed by atoms with Gasteiger partial charge in [-0.1, -0.05) is 23.7 Å². The summed E-state index contributed by atoms with van der Waals surface area (Å²) in [5, 5.41) is 9.64. The monoisotopic (exact) mass is 271 g/mol. The van der Waals surface area contributed by atoms with Crippen LogP contribution < -0.4 is 4.90 Å². The lowest BCUT2D eigenvalue weighted by Crippen LogP contribution is -2.22. The van der Waals surface area contributed by atoms with E-state index in [9.17, 15) is 0 Å². The van der Waals surface area contributed by atoms with E-state index >= 15 is 0 Å². The Morgan fingerprint density at radius 2 is 2.11 bits per heavy atom. The Morgan fingerprint density at radius 3 is 2.79 bits per heavy atom. The summed E-state index contributed by atoms with van der Waals surface area (Å²) in [5.41, 5.74) is 1.72. The van der Waals surface area contributed by atoms with Crippen LogP contribution in [-0.2, 0) is 0 Å². The van der Waals surface area contributed by atoms with Gasteiger partial charge in [0.2, 0.25) is 0 Å². The molecule has 0 aliphatic heterocycles. The standard InChI is InChI=1S/C15H14ClN3/c1-11(13-4-3-5-14(16)9-13)19(2)15-8-12(10-17)6-7-18-15/h3-9,11H,1-2H3. The number of hydrogen-bond acceptors (Lipinski definition) is 3. The quantitative estimate of drug-likeness (QED) is 0.852. The van der Waals surface area contributed by atoms with Crippen molar-refractivity contribution in [2.75, 3.05) is 11.9 Å². The zero-order valence-corrected chi connectivity index (χ0v) is 11.6. The molecule has 0 amide bonds. The Morgan fingerprint density at radius 1 is 1.32 bits per heavy atom. The molecule has 0 aliphatic carbocycles. The fraction of sp³-hybridized carbons (Fsp3) is 0.200. The van der Waals surface area contributed by atoms with Crippen molar-refractivity contribution in [2.24, 2.45) is 0 Å². The second kappa shape index (κ2) is 5.73. The van der Waals surface area contributed by atoms with Gasteiger partial charge in [0.1, 0.15) is 5.82 Å². The van der Waals surface area contributed by atoms with Gasteiger partial charge in [-0.3, -0.25) is 0 Å². The first-order chi connectivity index (χ1) is 9.11. The van der Waals surface area contributed by atoms with Crippen molar-refractivity contribution in [3.05, 3.63) is 58.7 Å². The van der Waals surface area contributed by atoms with Gasteiger partial charge in [-0.05, 0) is 36.8 Å². The zero-order valence-electron chi connectivity index (χ0n) is 10.8. The molecule has 1 unspecified atom stereocenters. The van der Waals surface area contributed by atoms with Crippen LogP contribution in [0.5, 0.6) is 0 Å². The summed E-state index contributed by atoms with van der Waals surface area (Å²) in [6.45, 7) is 2.08. The van der Waals surface area contributed by atoms with Crippen molar-refractivity contribution in [3.8, 4) is 6.07 Å². The number of rotatable bonds is 3. The van der Waals surface area contributed by atoms with E-state index < -0.39 is 0 Å². The summed E-state index contributed by atoms with van der Waals surface area (Å²) in [6, 6.07) is 13.5. The summed E-state index contributed by atoms with van der Waals surface area (Å²) in [5.74, 6) is 0.770. The number of hydrogen-bond donors (Lipinski definition) is 0. The zero-order chi connectivity index (χ0) is 13.8. The molecule has 96 valence electrons. The first kappa shape index (κ1) is 13.4. The Labute approximate surface area is 118 Å². The predicted molar refractivity (Wildman–Crippen MR) is 77.2 cm³/mol. The second-order valence-corrected chi connectivity index (χ2v) is 4.79. The van der Waals surface area contributed by atoms with Crippen molar-refractivity contribution in [1.29, 1.82) is 5.26 Å². The summed E-state index contributed by atoms with van der Waals surface area (Å²) in [6.07, 6.45) is 1.65. The van der Waals surface area contributed by atoms with Crippen LogP contribution in [0.15, 0.2) is 42.6 Å². The van der Waals surface area contributed by atoms with E-state index in [-0.39, 0.29) is 6.04 Å². The van der Waals surface area contributed by atoms with E-state index in [1.165, 1.54) is 0 Å². The minimum atomic E-state index is 0.125. The molecule has 1 heterocycles. The summed E-state index contributed by atoms with van der Waals surface area (Å²) < 4.78 is 0. The van der Waals surface area contributed by atoms with Crippen LogP contribution >= 0.6 is 11.6 Å². The third kappa shape index (κ3) is 3.04. The third-order valence-electron chi connectivity index (χ3n) is 3.15. The Kier molecular flexibility index (Phi) is 4.03. The van der Waals surface area contributed by atoms with Gasteiger partial charge in [0.25, 0.3) is 0 Å². The fourth-order valence-corrected chi connectivity index (χ4v) is 2.07. The predicted octanol–water partition coefficient (Wildman–Crippen LogP) is 3.80. The molecule has 0 saturated heterocycles. The number of pyridine rings is 1. The minimum absolute atomic E-state index is 0.125. The normalized spacial score (nSPS) is 11.7. The van der Waals surface area contributed by atoms with Crippen molar-refractivity contribution in [2.45, 2.75) is 13.0 Å². The first-order valence-corrected chi connectivity index (χ1v) is 6.34. The van der Waals surface area contributed by atoms with Crippen LogP contribution in [0.4, 0.5) is 5.82 Å². The van der Waals surface area contributed by atoms with E-state index in [1.54, 1.807) is 18.3 Å². The molecule has 0 radical (unpaired) electrons. The van der Waals surface area contributed by atoms with Crippen molar-refractivity contribution in [1.82, 2.24) is 4.98 Å². The van der Waals surface area contributed by atoms with E-state index in [4.69, 9.17) is 16.9 Å². The third-order valence-corrected chi connectivity index (χ3v) is 3.38. The van der Waals surface area contributed by atoms with Crippen LogP contribution in [0.3, 0.4) is 0 Å². The lowest BCUT2D eigenvalue weighted by molar-refractivity contribution is 0.729. The Balaban J connectivity index is 2.28. The molecule has 4 heteroatoms. The van der Waals surface area contributed by atoms with Crippen LogP contribution in [0.2, 0.25) is 5.02 Å². The molecule has 0 spiro atoms. The highest BCUT2D eigenvalue weighted by Gasteiger charge is 2.14. The van der Waals surface area contributed by atoms with E-state index in [1.807, 2.05) is 36.2 Å². The molecule has 1 aromatic carbocycles. The molecule has 2 rings (SSSR count). The smallest absolute Gasteiger partial charge is 0.130 e. The summed E-state index contributed by atoms with van der Waals surface area (Å²) in [7, 11) is 1.95. The number of benzene rings is 1. The highest BCUT2D eigenvalue weighted by molar-refractivity contribution is 6.30. The van der Waals surface area contributed by atoms with Gasteiger partial charge in [0.05, 0.1) is 17.7 Å². The number of nitrogens with zero attached hydrogens (tertiary/aromatic N) is 3. The minimum Gasteiger partial charge on any atom is -0.353 e. The highest BCUT2D eigenvalue weighted by Crippen LogP contribution is 2.25. The average molecular weight is 272 g/mol. The van der Waals surface area contributed by atoms with Gasteiger partial charge in [0.15, 0.2) is 0 Å². The summed E-state index contributed by atoms with van der Waals surface area (Å²) in [4.78, 5) is 6.32. The van der Waals surface area contributed by atoms with Gasteiger partial charge in [-0.25, -0.2) is 4.98 Å². The van der Waals surface area contributed by atoms with E-state index in [0.29, 0.717) is 5.56 Å². The molecular formula is C15H14ClN3. The first-order valence-electron chi connectivity index (χ1n) is 5.96. The van der Waals surface area contributed by atoms with Gasteiger partial charge < -0.3 is 4.90 Å². The Bertz CT molecular complexity index is 619. The number of halogens is 1. The van der Waals surface area contributed by atoms with Crippen LogP contribution in [0.25, 0.3) is 0 Å². The number of anilines is 1. The Hall–Kier alpha value is -2.05. The molecule has 2 aromatic rings. The SMILES string of the molecule is CC(c1cccc(Cl)c1)N(C)c1cc(C#N)ccn1. The molecule has 0 bridgehead atoms. The number of aromatic nitrogens is 1. The lowest BCUT2D eigenvalue weighted by atomic mass is 10.1. The summed E-state index contributed by atoms with van der Waals surface area (Å²) >= 11 is 6.01. The molecular weight excluding hydrogens is 258 g/mol. The van der Waals surface area contributed by atoms with Crippen molar-refractivity contribution < 1.29 is 0 Å². The second-order valence-electron chi connectivity index (χ2n) is 4.36. The molecule has 19 heavy (non-hydrogen) atoms.